The first kappa shape index (κ1) is 27.1. The van der Waals surface area contributed by atoms with E-state index in [1.54, 1.807) is 0 Å². The van der Waals surface area contributed by atoms with Crippen LogP contribution >= 0.6 is 0 Å². The smallest absolute Gasteiger partial charge is 0.0593 e. The number of hydrogen-bond acceptors (Lipinski definition) is 3. The number of aliphatic hydroxyl groups is 1. The molecule has 0 aromatic heterocycles. The van der Waals surface area contributed by atoms with Crippen LogP contribution in [0, 0.1) is 6.92 Å². The van der Waals surface area contributed by atoms with E-state index in [0.29, 0.717) is 0 Å². The van der Waals surface area contributed by atoms with Gasteiger partial charge < -0.3 is 14.7 Å². The van der Waals surface area contributed by atoms with Gasteiger partial charge in [0.25, 0.3) is 0 Å². The quantitative estimate of drug-likeness (QED) is 0.373. The average molecular weight is 400 g/mol. The first-order valence-electron chi connectivity index (χ1n) is 10.6. The van der Waals surface area contributed by atoms with Gasteiger partial charge in [0.2, 0.25) is 0 Å². The van der Waals surface area contributed by atoms with Crippen LogP contribution < -0.4 is 0 Å². The molecule has 29 heavy (non-hydrogen) atoms. The fraction of sp³-hybridized carbons (Fsp3) is 0.462. The summed E-state index contributed by atoms with van der Waals surface area (Å²) >= 11 is 0. The Morgan fingerprint density at radius 3 is 2.10 bits per heavy atom. The number of rotatable bonds is 11. The van der Waals surface area contributed by atoms with E-state index in [4.69, 9.17) is 9.84 Å². The maximum Gasteiger partial charge on any atom is 0.0593 e. The molecule has 0 aliphatic rings. The van der Waals surface area contributed by atoms with Crippen molar-refractivity contribution < 1.29 is 9.84 Å². The van der Waals surface area contributed by atoms with Gasteiger partial charge in [0.15, 0.2) is 0 Å². The molecule has 2 rings (SSSR count). The number of aliphatic hydroxyl groups excluding tert-OH is 1. The summed E-state index contributed by atoms with van der Waals surface area (Å²) < 4.78 is 5.42. The van der Waals surface area contributed by atoms with Crippen LogP contribution in [-0.2, 0) is 4.74 Å². The molecule has 0 saturated heterocycles. The number of benzene rings is 2. The number of nitrogens with zero attached hydrogens (tertiary/aromatic N) is 1. The molecule has 0 aliphatic carbocycles. The van der Waals surface area contributed by atoms with Crippen LogP contribution in [0.5, 0.6) is 0 Å². The second kappa shape index (κ2) is 19.4. The summed E-state index contributed by atoms with van der Waals surface area (Å²) in [6.07, 6.45) is 6.76. The molecule has 2 aromatic rings. The summed E-state index contributed by atoms with van der Waals surface area (Å²) in [6.45, 7) is 11.9. The normalized spacial score (nSPS) is 9.86. The van der Waals surface area contributed by atoms with Gasteiger partial charge in [0.05, 0.1) is 6.61 Å². The molecule has 0 unspecified atom stereocenters. The summed E-state index contributed by atoms with van der Waals surface area (Å²) in [7, 11) is 3.16. The van der Waals surface area contributed by atoms with Crippen LogP contribution in [0.3, 0.4) is 0 Å². The lowest BCUT2D eigenvalue weighted by Crippen LogP contribution is -2.24. The Labute approximate surface area is 179 Å². The Morgan fingerprint density at radius 2 is 1.52 bits per heavy atom. The van der Waals surface area contributed by atoms with E-state index in [1.165, 1.54) is 36.1 Å². The van der Waals surface area contributed by atoms with Crippen LogP contribution in [0.1, 0.15) is 38.2 Å². The molecule has 1 N–H and O–H groups in total. The van der Waals surface area contributed by atoms with E-state index in [-0.39, 0.29) is 0 Å². The third-order valence-electron chi connectivity index (χ3n) is 4.32. The Balaban J connectivity index is 0.000000498. The highest BCUT2D eigenvalue weighted by Crippen LogP contribution is 2.18. The van der Waals surface area contributed by atoms with Gasteiger partial charge in [-0.05, 0) is 57.3 Å². The van der Waals surface area contributed by atoms with Gasteiger partial charge in [-0.2, -0.15) is 0 Å². The van der Waals surface area contributed by atoms with Crippen molar-refractivity contribution in [2.75, 3.05) is 40.5 Å². The van der Waals surface area contributed by atoms with E-state index in [0.717, 1.165) is 39.7 Å². The first-order valence-corrected chi connectivity index (χ1v) is 10.6. The fourth-order valence-corrected chi connectivity index (χ4v) is 2.63. The van der Waals surface area contributed by atoms with Crippen molar-refractivity contribution in [2.45, 2.75) is 39.5 Å². The molecular formula is C26H41NO2. The van der Waals surface area contributed by atoms with Gasteiger partial charge in [0, 0.05) is 20.3 Å². The van der Waals surface area contributed by atoms with Gasteiger partial charge in [0.1, 0.15) is 0 Å². The van der Waals surface area contributed by atoms with E-state index in [1.807, 2.05) is 12.1 Å². The largest absolute Gasteiger partial charge is 0.400 e. The maximum absolute atomic E-state index is 7.00. The molecule has 162 valence electrons. The zero-order valence-corrected chi connectivity index (χ0v) is 18.9. The lowest BCUT2D eigenvalue weighted by Gasteiger charge is -2.15. The third-order valence-corrected chi connectivity index (χ3v) is 4.32. The summed E-state index contributed by atoms with van der Waals surface area (Å²) in [5.41, 5.74) is 3.87. The molecule has 3 nitrogen and oxygen atoms in total. The molecule has 0 saturated carbocycles. The van der Waals surface area contributed by atoms with Gasteiger partial charge in [-0.1, -0.05) is 73.2 Å². The lowest BCUT2D eigenvalue weighted by atomic mass is 10.0. The number of ether oxygens (including phenoxy) is 1. The zero-order chi connectivity index (χ0) is 21.7. The molecule has 0 atom stereocenters. The highest BCUT2D eigenvalue weighted by molar-refractivity contribution is 5.63. The Bertz CT molecular complexity index is 596. The molecule has 0 spiro atoms. The minimum Gasteiger partial charge on any atom is -0.400 e. The summed E-state index contributed by atoms with van der Waals surface area (Å²) in [5, 5.41) is 7.00. The van der Waals surface area contributed by atoms with E-state index < -0.39 is 0 Å². The maximum atomic E-state index is 7.00. The van der Waals surface area contributed by atoms with Crippen LogP contribution in [0.4, 0.5) is 0 Å². The summed E-state index contributed by atoms with van der Waals surface area (Å²) in [4.78, 5) is 2.33. The number of allylic oxidation sites excluding steroid dienone is 1. The van der Waals surface area contributed by atoms with Crippen LogP contribution in [0.2, 0.25) is 0 Å². The monoisotopic (exact) mass is 399 g/mol. The number of hydrogen-bond donors (Lipinski definition) is 1. The topological polar surface area (TPSA) is 32.7 Å². The van der Waals surface area contributed by atoms with Crippen LogP contribution in [0.15, 0.2) is 67.3 Å². The van der Waals surface area contributed by atoms with Crippen molar-refractivity contribution in [1.82, 2.24) is 4.90 Å². The van der Waals surface area contributed by atoms with E-state index in [9.17, 15) is 0 Å². The Morgan fingerprint density at radius 1 is 0.897 bits per heavy atom. The molecule has 0 bridgehead atoms. The van der Waals surface area contributed by atoms with Crippen molar-refractivity contribution >= 4 is 0 Å². The van der Waals surface area contributed by atoms with Gasteiger partial charge in [-0.3, -0.25) is 0 Å². The molecule has 0 amide bonds. The molecular weight excluding hydrogens is 358 g/mol. The highest BCUT2D eigenvalue weighted by Gasteiger charge is 1.97. The number of aryl methyl sites for hydroxylation is 1. The lowest BCUT2D eigenvalue weighted by molar-refractivity contribution is 0.111. The highest BCUT2D eigenvalue weighted by atomic mass is 16.5. The first-order chi connectivity index (χ1) is 14.2. The summed E-state index contributed by atoms with van der Waals surface area (Å²) in [6, 6.07) is 19.0. The summed E-state index contributed by atoms with van der Waals surface area (Å²) in [5.74, 6) is 0. The molecule has 2 aromatic carbocycles. The molecule has 0 fully saturated rings. The Kier molecular flexibility index (Phi) is 18.1. The number of unbranched alkanes of at least 4 members (excludes halogenated alkanes) is 2. The standard InChI is InChI=1S/C13H12.C12H25NO.CH4O/c1-11-7-9-13(10-8-11)12-5-3-2-4-6-12;1-4-6-7-8-9-13(3)10-12-14-11-5-2;1-2/h2-10H,1H3;4H,1,5-12H2,2-3H3;2H,1H3. The second-order valence-corrected chi connectivity index (χ2v) is 6.93. The van der Waals surface area contributed by atoms with E-state index in [2.05, 4.69) is 80.9 Å². The van der Waals surface area contributed by atoms with E-state index >= 15 is 0 Å². The Hall–Kier alpha value is -1.94. The van der Waals surface area contributed by atoms with Crippen molar-refractivity contribution in [3.05, 3.63) is 72.8 Å². The van der Waals surface area contributed by atoms with Gasteiger partial charge in [-0.25, -0.2) is 0 Å². The molecule has 0 radical (unpaired) electrons. The molecule has 3 heteroatoms. The second-order valence-electron chi connectivity index (χ2n) is 6.93. The van der Waals surface area contributed by atoms with Crippen molar-refractivity contribution in [3.8, 4) is 11.1 Å². The van der Waals surface area contributed by atoms with Crippen molar-refractivity contribution in [2.24, 2.45) is 0 Å². The molecule has 0 aliphatic heterocycles. The average Bonchev–Trinajstić information content (AvgIpc) is 2.77. The van der Waals surface area contributed by atoms with Crippen molar-refractivity contribution in [1.29, 1.82) is 0 Å². The predicted octanol–water partition coefficient (Wildman–Crippen LogP) is 5.97. The SMILES string of the molecule is C=CCCCCN(C)CCOCCC.CO.Cc1ccc(-c2ccccc2)cc1. The van der Waals surface area contributed by atoms with Crippen LogP contribution in [0.25, 0.3) is 11.1 Å². The number of likely N-dealkylation sites (N-methyl/N-ethyl adjacent to an activating group) is 1. The molecule has 0 heterocycles. The third kappa shape index (κ3) is 14.7. The fourth-order valence-electron chi connectivity index (χ4n) is 2.63. The van der Waals surface area contributed by atoms with Gasteiger partial charge >= 0.3 is 0 Å². The van der Waals surface area contributed by atoms with Crippen LogP contribution in [-0.4, -0.2) is 50.5 Å². The minimum atomic E-state index is 0.867. The van der Waals surface area contributed by atoms with Gasteiger partial charge in [-0.15, -0.1) is 6.58 Å². The predicted molar refractivity (Wildman–Crippen MR) is 127 cm³/mol. The van der Waals surface area contributed by atoms with Crippen molar-refractivity contribution in [3.63, 3.8) is 0 Å². The zero-order valence-electron chi connectivity index (χ0n) is 18.9. The minimum absolute atomic E-state index is 0.867.